The molecule has 40 heavy (non-hydrogen) atoms. The molecule has 0 spiro atoms. The Bertz CT molecular complexity index is 1490. The highest BCUT2D eigenvalue weighted by atomic mass is 32.2. The maximum atomic E-state index is 13.8. The van der Waals surface area contributed by atoms with Crippen LogP contribution in [0.4, 0.5) is 5.69 Å². The van der Waals surface area contributed by atoms with Gasteiger partial charge in [-0.1, -0.05) is 43.7 Å². The number of methoxy groups -OCH3 is 1. The monoisotopic (exact) mass is 585 g/mol. The van der Waals surface area contributed by atoms with Crippen LogP contribution in [0.2, 0.25) is 0 Å². The predicted molar refractivity (Wildman–Crippen MR) is 154 cm³/mol. The van der Waals surface area contributed by atoms with E-state index in [4.69, 9.17) is 4.74 Å². The minimum atomic E-state index is -4.17. The second-order valence-corrected chi connectivity index (χ2v) is 13.5. The third kappa shape index (κ3) is 6.90. The molecule has 3 aromatic carbocycles. The molecule has 1 aliphatic rings. The third-order valence-corrected chi connectivity index (χ3v) is 10.8. The van der Waals surface area contributed by atoms with Gasteiger partial charge in [0.2, 0.25) is 26.0 Å². The summed E-state index contributed by atoms with van der Waals surface area (Å²) in [6, 6.07) is 20.9. The summed E-state index contributed by atoms with van der Waals surface area (Å²) in [5, 5.41) is 2.73. The number of ether oxygens (including phenoxy) is 1. The van der Waals surface area contributed by atoms with Crippen LogP contribution >= 0.6 is 0 Å². The fourth-order valence-electron chi connectivity index (χ4n) is 4.81. The number of piperidine rings is 1. The van der Waals surface area contributed by atoms with Crippen LogP contribution in [-0.4, -0.2) is 57.6 Å². The molecule has 1 aliphatic heterocycles. The average molecular weight is 586 g/mol. The van der Waals surface area contributed by atoms with E-state index in [9.17, 15) is 21.6 Å². The van der Waals surface area contributed by atoms with Crippen LogP contribution in [0.15, 0.2) is 88.7 Å². The Morgan fingerprint density at radius 2 is 1.57 bits per heavy atom. The summed E-state index contributed by atoms with van der Waals surface area (Å²) in [5.74, 6) is 0.119. The van der Waals surface area contributed by atoms with E-state index in [-0.39, 0.29) is 22.4 Å². The van der Waals surface area contributed by atoms with E-state index in [1.165, 1.54) is 35.7 Å². The molecule has 4 rings (SSSR count). The minimum absolute atomic E-state index is 0.0512. The van der Waals surface area contributed by atoms with Gasteiger partial charge in [-0.05, 0) is 73.4 Å². The molecule has 1 atom stereocenters. The Labute approximate surface area is 236 Å². The summed E-state index contributed by atoms with van der Waals surface area (Å²) in [5.41, 5.74) is 1.21. The Hall–Kier alpha value is -3.25. The molecule has 214 valence electrons. The second kappa shape index (κ2) is 12.9. The number of hydrogen-bond acceptors (Lipinski definition) is 6. The van der Waals surface area contributed by atoms with Crippen LogP contribution in [0.1, 0.15) is 38.2 Å². The highest BCUT2D eigenvalue weighted by Gasteiger charge is 2.33. The number of amides is 1. The first-order valence-electron chi connectivity index (χ1n) is 13.2. The zero-order valence-corrected chi connectivity index (χ0v) is 24.3. The van der Waals surface area contributed by atoms with E-state index in [1.54, 1.807) is 48.5 Å². The van der Waals surface area contributed by atoms with E-state index in [1.807, 2.05) is 13.0 Å². The predicted octanol–water partition coefficient (Wildman–Crippen LogP) is 4.48. The Balaban J connectivity index is 1.60. The van der Waals surface area contributed by atoms with Gasteiger partial charge in [-0.15, -0.1) is 0 Å². The van der Waals surface area contributed by atoms with Gasteiger partial charge < -0.3 is 10.1 Å². The van der Waals surface area contributed by atoms with Gasteiger partial charge in [-0.25, -0.2) is 16.8 Å². The smallest absolute Gasteiger partial charge is 0.243 e. The summed E-state index contributed by atoms with van der Waals surface area (Å²) in [6.45, 7) is 1.92. The van der Waals surface area contributed by atoms with Crippen molar-refractivity contribution in [3.63, 3.8) is 0 Å². The zero-order chi connectivity index (χ0) is 28.8. The maximum absolute atomic E-state index is 13.8. The fourth-order valence-corrected chi connectivity index (χ4v) is 7.96. The van der Waals surface area contributed by atoms with E-state index in [0.29, 0.717) is 23.5 Å². The molecule has 0 bridgehead atoms. The lowest BCUT2D eigenvalue weighted by atomic mass is 10.0. The summed E-state index contributed by atoms with van der Waals surface area (Å²) in [7, 11) is -6.40. The SMILES string of the molecule is CCC1CCCCN1S(=O)(=O)c1ccc(S(=O)(=O)N(CC(=O)Nc2ccccc2)Cc2ccc(OC)cc2)cc1. The Morgan fingerprint density at radius 3 is 2.20 bits per heavy atom. The van der Waals surface area contributed by atoms with Crippen molar-refractivity contribution in [3.8, 4) is 5.75 Å². The summed E-state index contributed by atoms with van der Waals surface area (Å²) in [6.07, 6.45) is 3.32. The number of anilines is 1. The molecule has 1 saturated heterocycles. The lowest BCUT2D eigenvalue weighted by Gasteiger charge is -2.34. The molecule has 0 aromatic heterocycles. The van der Waals surface area contributed by atoms with Gasteiger partial charge >= 0.3 is 0 Å². The molecule has 1 heterocycles. The van der Waals surface area contributed by atoms with Gasteiger partial charge in [0.05, 0.1) is 23.4 Å². The summed E-state index contributed by atoms with van der Waals surface area (Å²) in [4.78, 5) is 12.8. The Morgan fingerprint density at radius 1 is 0.925 bits per heavy atom. The van der Waals surface area contributed by atoms with E-state index >= 15 is 0 Å². The third-order valence-electron chi connectivity index (χ3n) is 7.01. The van der Waals surface area contributed by atoms with Gasteiger partial charge in [0.1, 0.15) is 5.75 Å². The number of rotatable bonds is 11. The maximum Gasteiger partial charge on any atom is 0.243 e. The number of para-hydroxylation sites is 1. The number of nitrogens with one attached hydrogen (secondary N) is 1. The van der Waals surface area contributed by atoms with Gasteiger partial charge in [-0.2, -0.15) is 8.61 Å². The molecular weight excluding hydrogens is 550 g/mol. The zero-order valence-electron chi connectivity index (χ0n) is 22.7. The number of sulfonamides is 2. The first-order valence-corrected chi connectivity index (χ1v) is 16.1. The molecular formula is C29H35N3O6S2. The van der Waals surface area contributed by atoms with Gasteiger partial charge in [0.25, 0.3) is 0 Å². The molecule has 1 fully saturated rings. The molecule has 1 unspecified atom stereocenters. The van der Waals surface area contributed by atoms with Crippen molar-refractivity contribution in [2.45, 2.75) is 55.0 Å². The average Bonchev–Trinajstić information content (AvgIpc) is 2.97. The number of carbonyl (C=O) groups is 1. The lowest BCUT2D eigenvalue weighted by molar-refractivity contribution is -0.116. The summed E-state index contributed by atoms with van der Waals surface area (Å²) >= 11 is 0. The quantitative estimate of drug-likeness (QED) is 0.355. The van der Waals surface area contributed by atoms with Crippen molar-refractivity contribution in [3.05, 3.63) is 84.4 Å². The number of nitrogens with zero attached hydrogens (tertiary/aromatic N) is 2. The van der Waals surface area contributed by atoms with Gasteiger partial charge in [0, 0.05) is 24.8 Å². The lowest BCUT2D eigenvalue weighted by Crippen LogP contribution is -2.43. The van der Waals surface area contributed by atoms with E-state index in [2.05, 4.69) is 5.32 Å². The van der Waals surface area contributed by atoms with E-state index in [0.717, 1.165) is 30.0 Å². The standard InChI is InChI=1S/C29H35N3O6S2/c1-3-25-11-7-8-20-32(25)40(36,37)28-18-16-27(17-19-28)39(34,35)31(21-23-12-14-26(38-2)15-13-23)22-29(33)30-24-9-5-4-6-10-24/h4-6,9-10,12-19,25H,3,7-8,11,20-22H2,1-2H3,(H,30,33). The molecule has 0 aliphatic carbocycles. The molecule has 1 amide bonds. The van der Waals surface area contributed by atoms with E-state index < -0.39 is 32.5 Å². The van der Waals surface area contributed by atoms with Crippen molar-refractivity contribution >= 4 is 31.6 Å². The van der Waals surface area contributed by atoms with Crippen molar-refractivity contribution < 1.29 is 26.4 Å². The van der Waals surface area contributed by atoms with Crippen LogP contribution in [-0.2, 0) is 31.4 Å². The van der Waals surface area contributed by atoms with Crippen molar-refractivity contribution in [1.82, 2.24) is 8.61 Å². The first kappa shape index (κ1) is 29.7. The fraction of sp³-hybridized carbons (Fsp3) is 0.345. The largest absolute Gasteiger partial charge is 0.497 e. The molecule has 9 nitrogen and oxygen atoms in total. The van der Waals surface area contributed by atoms with Crippen LogP contribution in [0, 0.1) is 0 Å². The van der Waals surface area contributed by atoms with Crippen LogP contribution in [0.3, 0.4) is 0 Å². The molecule has 0 radical (unpaired) electrons. The van der Waals surface area contributed by atoms with Crippen LogP contribution in [0.5, 0.6) is 5.75 Å². The second-order valence-electron chi connectivity index (χ2n) is 9.68. The topological polar surface area (TPSA) is 113 Å². The number of benzene rings is 3. The highest BCUT2D eigenvalue weighted by molar-refractivity contribution is 7.89. The number of hydrogen-bond donors (Lipinski definition) is 1. The van der Waals surface area contributed by atoms with Crippen molar-refractivity contribution in [2.75, 3.05) is 25.5 Å². The summed E-state index contributed by atoms with van der Waals surface area (Å²) < 4.78 is 62.1. The normalized spacial score (nSPS) is 16.5. The van der Waals surface area contributed by atoms with Crippen LogP contribution in [0.25, 0.3) is 0 Å². The molecule has 0 saturated carbocycles. The van der Waals surface area contributed by atoms with Crippen molar-refractivity contribution in [2.24, 2.45) is 0 Å². The molecule has 11 heteroatoms. The van der Waals surface area contributed by atoms with Gasteiger partial charge in [0.15, 0.2) is 0 Å². The van der Waals surface area contributed by atoms with Crippen molar-refractivity contribution in [1.29, 1.82) is 0 Å². The highest BCUT2D eigenvalue weighted by Crippen LogP contribution is 2.28. The minimum Gasteiger partial charge on any atom is -0.497 e. The molecule has 1 N–H and O–H groups in total. The Kier molecular flexibility index (Phi) is 9.62. The molecule has 3 aromatic rings. The van der Waals surface area contributed by atoms with Gasteiger partial charge in [-0.3, -0.25) is 4.79 Å². The first-order chi connectivity index (χ1) is 19.1. The number of carbonyl (C=O) groups excluding carboxylic acids is 1. The van der Waals surface area contributed by atoms with Crippen LogP contribution < -0.4 is 10.1 Å².